The molecule has 8 rings (SSSR count). The summed E-state index contributed by atoms with van der Waals surface area (Å²) in [4.78, 5) is 30.2. The summed E-state index contributed by atoms with van der Waals surface area (Å²) in [7, 11) is 0. The summed E-state index contributed by atoms with van der Waals surface area (Å²) >= 11 is 2.38. The maximum Gasteiger partial charge on any atom is 0.332 e. The fourth-order valence-corrected chi connectivity index (χ4v) is 9.75. The normalized spacial score (nSPS) is 47.5. The molecule has 6 nitrogen and oxygen atoms in total. The first-order chi connectivity index (χ1) is 16.0. The minimum atomic E-state index is -0.495. The van der Waals surface area contributed by atoms with Crippen LogP contribution >= 0.6 is 22.6 Å². The molecule has 4 bridgehead atoms. The van der Waals surface area contributed by atoms with Crippen molar-refractivity contribution in [2.45, 2.75) is 80.3 Å². The average molecular weight is 558 g/mol. The van der Waals surface area contributed by atoms with Gasteiger partial charge in [-0.25, -0.2) is 9.59 Å². The van der Waals surface area contributed by atoms with Crippen LogP contribution in [0.3, 0.4) is 0 Å². The van der Waals surface area contributed by atoms with Crippen molar-refractivity contribution >= 4 is 34.5 Å². The van der Waals surface area contributed by atoms with Crippen molar-refractivity contribution in [3.05, 3.63) is 44.6 Å². The molecule has 33 heavy (non-hydrogen) atoms. The minimum absolute atomic E-state index is 0.162. The Morgan fingerprint density at radius 2 is 1.55 bits per heavy atom. The number of halogens is 1. The molecule has 2 unspecified atom stereocenters. The molecular weight excluding hydrogens is 531 g/mol. The van der Waals surface area contributed by atoms with Crippen molar-refractivity contribution in [1.29, 1.82) is 0 Å². The van der Waals surface area contributed by atoms with E-state index in [0.29, 0.717) is 24.0 Å². The van der Waals surface area contributed by atoms with Crippen LogP contribution < -0.4 is 0 Å². The van der Waals surface area contributed by atoms with E-state index in [1.54, 1.807) is 6.08 Å². The highest BCUT2D eigenvalue weighted by Crippen LogP contribution is 2.59. The maximum absolute atomic E-state index is 12.6. The molecule has 7 atom stereocenters. The first-order valence-corrected chi connectivity index (χ1v) is 13.6. The van der Waals surface area contributed by atoms with Gasteiger partial charge in [0, 0.05) is 51.8 Å². The van der Waals surface area contributed by atoms with E-state index in [0.717, 1.165) is 50.8 Å². The summed E-state index contributed by atoms with van der Waals surface area (Å²) in [5.41, 5.74) is 2.67. The summed E-state index contributed by atoms with van der Waals surface area (Å²) in [6.07, 6.45) is 15.7. The van der Waals surface area contributed by atoms with Crippen LogP contribution in [-0.4, -0.2) is 70.2 Å². The smallest absolute Gasteiger partial charge is 0.332 e. The second-order valence-corrected chi connectivity index (χ2v) is 12.3. The molecule has 4 fully saturated rings. The van der Waals surface area contributed by atoms with E-state index >= 15 is 0 Å². The molecule has 0 amide bonds. The summed E-state index contributed by atoms with van der Waals surface area (Å²) in [5.74, 6) is 0.00771. The third-order valence-electron chi connectivity index (χ3n) is 9.86. The van der Waals surface area contributed by atoms with Gasteiger partial charge in [0.1, 0.15) is 0 Å². The van der Waals surface area contributed by atoms with E-state index in [2.05, 4.69) is 44.5 Å². The van der Waals surface area contributed by atoms with E-state index in [9.17, 15) is 9.59 Å². The lowest BCUT2D eigenvalue weighted by molar-refractivity contribution is -0.149. The zero-order valence-corrected chi connectivity index (χ0v) is 20.6. The number of hydrogen-bond acceptors (Lipinski definition) is 6. The van der Waals surface area contributed by atoms with Gasteiger partial charge >= 0.3 is 11.9 Å². The number of rotatable bonds is 1. The number of carbonyl (C=O) groups excluding carboxylic acids is 2. The Hall–Kier alpha value is -1.45. The van der Waals surface area contributed by atoms with E-state index in [-0.39, 0.29) is 18.0 Å². The summed E-state index contributed by atoms with van der Waals surface area (Å²) in [6, 6.07) is 1.23. The van der Waals surface area contributed by atoms with Crippen LogP contribution in [0.2, 0.25) is 0 Å². The predicted molar refractivity (Wildman–Crippen MR) is 128 cm³/mol. The van der Waals surface area contributed by atoms with Crippen molar-refractivity contribution in [3.8, 4) is 0 Å². The van der Waals surface area contributed by atoms with Gasteiger partial charge in [-0.2, -0.15) is 0 Å². The van der Waals surface area contributed by atoms with E-state index in [1.165, 1.54) is 27.6 Å². The molecule has 6 aliphatic heterocycles. The van der Waals surface area contributed by atoms with Crippen LogP contribution in [0.25, 0.3) is 0 Å². The second kappa shape index (κ2) is 6.40. The molecule has 0 aromatic carbocycles. The Morgan fingerprint density at radius 1 is 0.848 bits per heavy atom. The third kappa shape index (κ3) is 2.37. The fraction of sp³-hybridized carbons (Fsp3) is 0.615. The number of hydrogen-bond donors (Lipinski definition) is 0. The number of ether oxygens (including phenoxy) is 2. The van der Waals surface area contributed by atoms with Gasteiger partial charge in [-0.1, -0.05) is 18.6 Å². The van der Waals surface area contributed by atoms with E-state index < -0.39 is 11.2 Å². The van der Waals surface area contributed by atoms with E-state index in [1.807, 2.05) is 6.08 Å². The molecule has 2 aliphatic carbocycles. The monoisotopic (exact) mass is 558 g/mol. The molecule has 2 spiro atoms. The highest BCUT2D eigenvalue weighted by Gasteiger charge is 2.65. The van der Waals surface area contributed by atoms with Gasteiger partial charge in [-0.15, -0.1) is 0 Å². The number of piperidine rings is 2. The number of carbonyl (C=O) groups is 2. The Balaban J connectivity index is 1.18. The third-order valence-corrected chi connectivity index (χ3v) is 10.8. The Morgan fingerprint density at radius 3 is 2.36 bits per heavy atom. The molecule has 0 aromatic rings. The lowest BCUT2D eigenvalue weighted by atomic mass is 9.69. The first kappa shape index (κ1) is 19.8. The highest BCUT2D eigenvalue weighted by molar-refractivity contribution is 14.1. The zero-order valence-electron chi connectivity index (χ0n) is 18.5. The van der Waals surface area contributed by atoms with Crippen LogP contribution in [0.15, 0.2) is 44.6 Å². The molecule has 7 heteroatoms. The van der Waals surface area contributed by atoms with Crippen LogP contribution in [0.4, 0.5) is 0 Å². The molecule has 0 aromatic heterocycles. The van der Waals surface area contributed by atoms with Gasteiger partial charge in [0.15, 0.2) is 11.2 Å². The van der Waals surface area contributed by atoms with Crippen molar-refractivity contribution in [3.63, 3.8) is 0 Å². The Bertz CT molecular complexity index is 1140. The fourth-order valence-electron chi connectivity index (χ4n) is 8.73. The molecule has 172 valence electrons. The van der Waals surface area contributed by atoms with Crippen LogP contribution in [0.5, 0.6) is 0 Å². The van der Waals surface area contributed by atoms with Crippen molar-refractivity contribution < 1.29 is 19.1 Å². The SMILES string of the molecule is O=C1C=C2C(C3CCN4[C@@H]5C=C(I)C6=CC(=O)O[C@]6(C5)[C@H]4C3)=C[C@@H]3C[C@@]2(O1)C1CCCCN13. The molecular formula is C26H27IN2O4. The lowest BCUT2D eigenvalue weighted by Gasteiger charge is -2.44. The Kier molecular flexibility index (Phi) is 3.84. The molecule has 0 saturated carbocycles. The number of nitrogens with zero attached hydrogens (tertiary/aromatic N) is 2. The molecule has 4 saturated heterocycles. The standard InChI is InChI=1S/C26H27IN2O4/c27-20-9-16-13-26(19(20)11-24(31)33-26)22-7-14(4-6-29(16)22)17-8-15-12-25(18(17)10-23(30)32-25)21-3-1-2-5-28(15)21/h8-11,14-16,21-22H,1-7,12-13H2/t14?,15-,16-,21?,22-,25+,26+/m1/s1. The Labute approximate surface area is 206 Å². The van der Waals surface area contributed by atoms with Gasteiger partial charge in [0.05, 0.1) is 12.1 Å². The van der Waals surface area contributed by atoms with Crippen LogP contribution in [0, 0.1) is 5.92 Å². The molecule has 6 heterocycles. The predicted octanol–water partition coefficient (Wildman–Crippen LogP) is 3.18. The van der Waals surface area contributed by atoms with Crippen LogP contribution in [-0.2, 0) is 19.1 Å². The summed E-state index contributed by atoms with van der Waals surface area (Å²) in [6.45, 7) is 2.10. The minimum Gasteiger partial charge on any atom is -0.449 e. The molecule has 0 N–H and O–H groups in total. The van der Waals surface area contributed by atoms with Crippen molar-refractivity contribution in [2.24, 2.45) is 5.92 Å². The van der Waals surface area contributed by atoms with Gasteiger partial charge in [0.25, 0.3) is 0 Å². The van der Waals surface area contributed by atoms with Gasteiger partial charge in [-0.3, -0.25) is 9.80 Å². The highest BCUT2D eigenvalue weighted by atomic mass is 127. The average Bonchev–Trinajstić information content (AvgIpc) is 3.49. The molecule has 8 aliphatic rings. The quantitative estimate of drug-likeness (QED) is 0.364. The maximum atomic E-state index is 12.6. The number of esters is 2. The van der Waals surface area contributed by atoms with Crippen LogP contribution in [0.1, 0.15) is 44.9 Å². The largest absolute Gasteiger partial charge is 0.449 e. The second-order valence-electron chi connectivity index (χ2n) is 11.1. The van der Waals surface area contributed by atoms with Gasteiger partial charge in [0.2, 0.25) is 0 Å². The zero-order chi connectivity index (χ0) is 22.1. The van der Waals surface area contributed by atoms with E-state index in [4.69, 9.17) is 9.47 Å². The summed E-state index contributed by atoms with van der Waals surface area (Å²) < 4.78 is 13.5. The van der Waals surface area contributed by atoms with Gasteiger partial charge in [-0.05, 0) is 72.9 Å². The topological polar surface area (TPSA) is 59.1 Å². The summed E-state index contributed by atoms with van der Waals surface area (Å²) in [5, 5.41) is 0. The lowest BCUT2D eigenvalue weighted by Crippen LogP contribution is -2.51. The van der Waals surface area contributed by atoms with Crippen molar-refractivity contribution in [2.75, 3.05) is 13.1 Å². The number of fused-ring (bicyclic) bond motifs is 6. The van der Waals surface area contributed by atoms with Gasteiger partial charge < -0.3 is 9.47 Å². The van der Waals surface area contributed by atoms with Crippen molar-refractivity contribution in [1.82, 2.24) is 9.80 Å². The molecule has 0 radical (unpaired) electrons. The first-order valence-electron chi connectivity index (χ1n) is 12.5.